The van der Waals surface area contributed by atoms with Gasteiger partial charge >= 0.3 is 0 Å². The van der Waals surface area contributed by atoms with Crippen LogP contribution in [0.2, 0.25) is 0 Å². The maximum absolute atomic E-state index is 10.6. The van der Waals surface area contributed by atoms with Gasteiger partial charge in [0.1, 0.15) is 11.5 Å². The topological polar surface area (TPSA) is 74.6 Å². The Kier molecular flexibility index (Phi) is 10.6. The molecule has 0 saturated carbocycles. The van der Waals surface area contributed by atoms with Crippen LogP contribution in [0.25, 0.3) is 11.5 Å². The van der Waals surface area contributed by atoms with Gasteiger partial charge in [-0.05, 0) is 13.8 Å². The van der Waals surface area contributed by atoms with Crippen LogP contribution in [0.5, 0.6) is 0 Å². The summed E-state index contributed by atoms with van der Waals surface area (Å²) >= 11 is 0. The molecule has 25 heavy (non-hydrogen) atoms. The Balaban J connectivity index is 0.000000443. The second kappa shape index (κ2) is 11.8. The average Bonchev–Trinajstić information content (AvgIpc) is 2.56. The third-order valence-electron chi connectivity index (χ3n) is 2.82. The Bertz CT molecular complexity index is 669. The van der Waals surface area contributed by atoms with E-state index in [9.17, 15) is 19.8 Å². The number of hydrogen-bond acceptors (Lipinski definition) is 4. The first-order valence-electron chi connectivity index (χ1n) is 7.33. The Morgan fingerprint density at radius 1 is 0.680 bits per heavy atom. The van der Waals surface area contributed by atoms with Crippen molar-refractivity contribution in [1.29, 1.82) is 0 Å². The van der Waals surface area contributed by atoms with Crippen molar-refractivity contribution in [2.75, 3.05) is 0 Å². The smallest absolute Gasteiger partial charge is 0.156 e. The molecule has 0 aliphatic rings. The normalized spacial score (nSPS) is 10.8. The van der Waals surface area contributed by atoms with E-state index in [0.29, 0.717) is 11.1 Å². The summed E-state index contributed by atoms with van der Waals surface area (Å²) in [6.07, 6.45) is 2.41. The molecule has 0 spiro atoms. The van der Waals surface area contributed by atoms with Gasteiger partial charge in [0.15, 0.2) is 11.6 Å². The predicted octanol–water partition coefficient (Wildman–Crippen LogP) is 4.35. The molecular formula is C20H20CoO4. The van der Waals surface area contributed by atoms with Gasteiger partial charge < -0.3 is 10.2 Å². The summed E-state index contributed by atoms with van der Waals surface area (Å²) in [5.41, 5.74) is 1.32. The van der Waals surface area contributed by atoms with Gasteiger partial charge in [0.05, 0.1) is 0 Å². The number of rotatable bonds is 4. The van der Waals surface area contributed by atoms with Gasteiger partial charge in [-0.25, -0.2) is 0 Å². The van der Waals surface area contributed by atoms with Crippen molar-refractivity contribution >= 4 is 23.1 Å². The molecule has 1 radical (unpaired) electrons. The summed E-state index contributed by atoms with van der Waals surface area (Å²) in [6.45, 7) is 2.80. The van der Waals surface area contributed by atoms with Crippen LogP contribution >= 0.6 is 0 Å². The van der Waals surface area contributed by atoms with Gasteiger partial charge in [0.2, 0.25) is 0 Å². The molecule has 0 heterocycles. The van der Waals surface area contributed by atoms with E-state index in [1.165, 1.54) is 26.0 Å². The first-order valence-corrected chi connectivity index (χ1v) is 7.33. The standard InChI is InChI=1S/2C10H10O2.Co/c2*1-8(11)7-10(12)9-5-3-2-4-6-9;/h2*2-7,12H,1H3;. The van der Waals surface area contributed by atoms with Crippen LogP contribution < -0.4 is 0 Å². The Morgan fingerprint density at radius 3 is 1.20 bits per heavy atom. The number of hydrogen-bond donors (Lipinski definition) is 2. The third-order valence-corrected chi connectivity index (χ3v) is 2.82. The molecule has 5 heteroatoms. The summed E-state index contributed by atoms with van der Waals surface area (Å²) in [5, 5.41) is 18.7. The van der Waals surface area contributed by atoms with Crippen LogP contribution in [0, 0.1) is 0 Å². The molecule has 0 aromatic heterocycles. The molecule has 0 unspecified atom stereocenters. The molecule has 0 saturated heterocycles. The molecule has 0 fully saturated rings. The zero-order valence-electron chi connectivity index (χ0n) is 14.0. The van der Waals surface area contributed by atoms with Crippen molar-refractivity contribution in [3.05, 3.63) is 83.9 Å². The summed E-state index contributed by atoms with van der Waals surface area (Å²) < 4.78 is 0. The molecule has 0 bridgehead atoms. The van der Waals surface area contributed by atoms with Crippen LogP contribution in [-0.4, -0.2) is 21.8 Å². The van der Waals surface area contributed by atoms with Crippen molar-refractivity contribution < 1.29 is 36.6 Å². The van der Waals surface area contributed by atoms with Crippen molar-refractivity contribution in [3.63, 3.8) is 0 Å². The first kappa shape index (κ1) is 22.4. The summed E-state index contributed by atoms with van der Waals surface area (Å²) in [5.74, 6) is -0.279. The number of aliphatic hydroxyl groups is 2. The van der Waals surface area contributed by atoms with E-state index in [2.05, 4.69) is 0 Å². The molecule has 2 aromatic carbocycles. The van der Waals surface area contributed by atoms with E-state index >= 15 is 0 Å². The molecular weight excluding hydrogens is 363 g/mol. The second-order valence-corrected chi connectivity index (χ2v) is 5.01. The number of aliphatic hydroxyl groups excluding tert-OH is 2. The Morgan fingerprint density at radius 2 is 0.960 bits per heavy atom. The van der Waals surface area contributed by atoms with Crippen molar-refractivity contribution in [3.8, 4) is 0 Å². The molecule has 2 rings (SSSR count). The average molecular weight is 383 g/mol. The predicted molar refractivity (Wildman–Crippen MR) is 95.5 cm³/mol. The SMILES string of the molecule is CC(=O)C=C(O)c1ccccc1.CC(=O)C=C(O)c1ccccc1.[Co]. The van der Waals surface area contributed by atoms with E-state index < -0.39 is 0 Å². The van der Waals surface area contributed by atoms with Crippen LogP contribution in [-0.2, 0) is 26.4 Å². The van der Waals surface area contributed by atoms with Gasteiger partial charge in [-0.3, -0.25) is 9.59 Å². The zero-order valence-corrected chi connectivity index (χ0v) is 15.0. The summed E-state index contributed by atoms with van der Waals surface area (Å²) in [7, 11) is 0. The molecule has 4 nitrogen and oxygen atoms in total. The van der Waals surface area contributed by atoms with Crippen LogP contribution in [0.3, 0.4) is 0 Å². The summed E-state index contributed by atoms with van der Waals surface area (Å²) in [6, 6.07) is 17.9. The zero-order chi connectivity index (χ0) is 17.9. The van der Waals surface area contributed by atoms with E-state index in [1.807, 2.05) is 12.1 Å². The number of benzene rings is 2. The largest absolute Gasteiger partial charge is 0.507 e. The molecule has 133 valence electrons. The van der Waals surface area contributed by atoms with Gasteiger partial charge in [-0.15, -0.1) is 0 Å². The number of carbonyl (C=O) groups excluding carboxylic acids is 2. The fourth-order valence-corrected chi connectivity index (χ4v) is 1.77. The number of carbonyl (C=O) groups is 2. The minimum atomic E-state index is -0.156. The van der Waals surface area contributed by atoms with Crippen molar-refractivity contribution in [1.82, 2.24) is 0 Å². The van der Waals surface area contributed by atoms with E-state index in [4.69, 9.17) is 0 Å². The van der Waals surface area contributed by atoms with E-state index in [1.54, 1.807) is 48.5 Å². The van der Waals surface area contributed by atoms with Crippen LogP contribution in [0.1, 0.15) is 25.0 Å². The molecule has 0 amide bonds. The maximum atomic E-state index is 10.6. The first-order chi connectivity index (χ1) is 11.4. The maximum Gasteiger partial charge on any atom is 0.156 e. The van der Waals surface area contributed by atoms with Crippen LogP contribution in [0.15, 0.2) is 72.8 Å². The second-order valence-electron chi connectivity index (χ2n) is 5.01. The van der Waals surface area contributed by atoms with Gasteiger partial charge in [0.25, 0.3) is 0 Å². The van der Waals surface area contributed by atoms with Crippen molar-refractivity contribution in [2.24, 2.45) is 0 Å². The fraction of sp³-hybridized carbons (Fsp3) is 0.100. The Labute approximate surface area is 157 Å². The van der Waals surface area contributed by atoms with Crippen LogP contribution in [0.4, 0.5) is 0 Å². The van der Waals surface area contributed by atoms with E-state index in [-0.39, 0.29) is 39.9 Å². The molecule has 2 N–H and O–H groups in total. The third kappa shape index (κ3) is 9.29. The Hall–Kier alpha value is -2.63. The molecule has 0 atom stereocenters. The monoisotopic (exact) mass is 383 g/mol. The van der Waals surface area contributed by atoms with Gasteiger partial charge in [-0.2, -0.15) is 0 Å². The molecule has 2 aromatic rings. The van der Waals surface area contributed by atoms with Gasteiger partial charge in [-0.1, -0.05) is 60.7 Å². The van der Waals surface area contributed by atoms with Crippen molar-refractivity contribution in [2.45, 2.75) is 13.8 Å². The van der Waals surface area contributed by atoms with Gasteiger partial charge in [0, 0.05) is 40.1 Å². The quantitative estimate of drug-likeness (QED) is 0.608. The molecule has 0 aliphatic heterocycles. The number of allylic oxidation sites excluding steroid dienone is 2. The van der Waals surface area contributed by atoms with E-state index in [0.717, 1.165) is 0 Å². The number of ketones is 2. The minimum absolute atomic E-state index is 0. The fourth-order valence-electron chi connectivity index (χ4n) is 1.77. The minimum Gasteiger partial charge on any atom is -0.507 e. The molecule has 0 aliphatic carbocycles. The summed E-state index contributed by atoms with van der Waals surface area (Å²) in [4.78, 5) is 21.2.